The number of guanidine groups is 1. The first-order valence-electron chi connectivity index (χ1n) is 6.43. The Morgan fingerprint density at radius 2 is 2.32 bits per heavy atom. The average molecular weight is 339 g/mol. The zero-order valence-electron chi connectivity index (χ0n) is 12.2. The van der Waals surface area contributed by atoms with Crippen molar-refractivity contribution in [2.45, 2.75) is 13.0 Å². The Labute approximate surface area is 136 Å². The molecule has 22 heavy (non-hydrogen) atoms. The van der Waals surface area contributed by atoms with Gasteiger partial charge in [0.2, 0.25) is 11.0 Å². The second-order valence-corrected chi connectivity index (χ2v) is 6.18. The average Bonchev–Trinajstić information content (AvgIpc) is 3.06. The van der Waals surface area contributed by atoms with E-state index in [0.29, 0.717) is 28.1 Å². The molecule has 0 saturated carbocycles. The van der Waals surface area contributed by atoms with Crippen molar-refractivity contribution >= 4 is 40.1 Å². The maximum atomic E-state index is 11.6. The van der Waals surface area contributed by atoms with Crippen LogP contribution in [0.25, 0.3) is 11.5 Å². The van der Waals surface area contributed by atoms with Gasteiger partial charge >= 0.3 is 0 Å². The largest absolute Gasteiger partial charge is 0.457 e. The van der Waals surface area contributed by atoms with Crippen LogP contribution in [-0.2, 0) is 4.79 Å². The van der Waals surface area contributed by atoms with Gasteiger partial charge in [0.25, 0.3) is 0 Å². The minimum atomic E-state index is -0.204. The highest BCUT2D eigenvalue weighted by Crippen LogP contribution is 2.29. The lowest BCUT2D eigenvalue weighted by molar-refractivity contribution is -0.119. The summed E-state index contributed by atoms with van der Waals surface area (Å²) in [6, 6.07) is 3.42. The fraction of sp³-hybridized carbons (Fsp3) is 0.308. The van der Waals surface area contributed by atoms with Crippen LogP contribution >= 0.6 is 23.1 Å². The van der Waals surface area contributed by atoms with Crippen molar-refractivity contribution in [1.29, 1.82) is 0 Å². The van der Waals surface area contributed by atoms with Crippen molar-refractivity contribution in [3.63, 3.8) is 0 Å². The number of carbonyl (C=O) groups is 1. The number of nitrogens with one attached hydrogen (secondary N) is 1. The predicted molar refractivity (Wildman–Crippen MR) is 90.2 cm³/mol. The number of nitrogens with two attached hydrogens (primary N) is 2. The van der Waals surface area contributed by atoms with Gasteiger partial charge in [-0.2, -0.15) is 16.8 Å². The molecule has 7 nitrogen and oxygen atoms in total. The molecule has 0 aliphatic carbocycles. The fourth-order valence-electron chi connectivity index (χ4n) is 1.75. The van der Waals surface area contributed by atoms with E-state index in [0.717, 1.165) is 0 Å². The maximum Gasteiger partial charge on any atom is 0.230 e. The van der Waals surface area contributed by atoms with Crippen molar-refractivity contribution in [3.8, 4) is 11.5 Å². The van der Waals surface area contributed by atoms with Crippen LogP contribution in [0.4, 0.5) is 5.13 Å². The molecular weight excluding hydrogens is 322 g/mol. The Morgan fingerprint density at radius 3 is 3.00 bits per heavy atom. The number of hydrogen-bond donors (Lipinski definition) is 3. The van der Waals surface area contributed by atoms with Crippen molar-refractivity contribution in [3.05, 3.63) is 23.3 Å². The quantitative estimate of drug-likeness (QED) is 0.546. The van der Waals surface area contributed by atoms with Gasteiger partial charge in [-0.25, -0.2) is 4.98 Å². The summed E-state index contributed by atoms with van der Waals surface area (Å²) in [6.45, 7) is 1.87. The molecule has 0 saturated heterocycles. The Morgan fingerprint density at radius 1 is 1.55 bits per heavy atom. The molecule has 2 aromatic rings. The summed E-state index contributed by atoms with van der Waals surface area (Å²) in [5, 5.41) is 5.14. The van der Waals surface area contributed by atoms with E-state index in [9.17, 15) is 4.79 Å². The van der Waals surface area contributed by atoms with E-state index in [2.05, 4.69) is 15.3 Å². The molecule has 0 aliphatic heterocycles. The van der Waals surface area contributed by atoms with Gasteiger partial charge in [0.15, 0.2) is 11.7 Å². The van der Waals surface area contributed by atoms with Gasteiger partial charge in [-0.15, -0.1) is 11.3 Å². The number of nitrogens with zero attached hydrogens (tertiary/aromatic N) is 2. The number of thioether (sulfide) groups is 1. The molecule has 1 amide bonds. The number of hydrogen-bond acceptors (Lipinski definition) is 6. The molecular formula is C13H17N5O2S2. The lowest BCUT2D eigenvalue weighted by atomic mass is 10.2. The summed E-state index contributed by atoms with van der Waals surface area (Å²) in [4.78, 5) is 19.7. The van der Waals surface area contributed by atoms with E-state index < -0.39 is 0 Å². The molecule has 2 rings (SSSR count). The lowest BCUT2D eigenvalue weighted by Gasteiger charge is -2.10. The van der Waals surface area contributed by atoms with Crippen LogP contribution in [0.3, 0.4) is 0 Å². The number of rotatable bonds is 6. The Bertz CT molecular complexity index is 676. The third-order valence-electron chi connectivity index (χ3n) is 2.68. The van der Waals surface area contributed by atoms with Gasteiger partial charge in [-0.1, -0.05) is 0 Å². The first-order valence-corrected chi connectivity index (χ1v) is 8.70. The van der Waals surface area contributed by atoms with E-state index in [-0.39, 0.29) is 17.9 Å². The second-order valence-electron chi connectivity index (χ2n) is 4.48. The number of amides is 1. The molecule has 5 N–H and O–H groups in total. The number of aliphatic imine (C=N–C) groups is 1. The van der Waals surface area contributed by atoms with E-state index in [1.54, 1.807) is 11.4 Å². The lowest BCUT2D eigenvalue weighted by Crippen LogP contribution is -2.27. The van der Waals surface area contributed by atoms with Crippen LogP contribution in [0.5, 0.6) is 0 Å². The molecule has 0 spiro atoms. The normalized spacial score (nSPS) is 11.9. The standard InChI is InChI=1S/C13H17N5O2S2/c1-7(16-11(19)6-21-2)9-3-4-10(20-9)8-5-22-13(17-8)18-12(14)15/h3-5,7H,6H2,1-2H3,(H,16,19)(H4,14,15,17,18). The monoisotopic (exact) mass is 339 g/mol. The minimum absolute atomic E-state index is 0.0262. The minimum Gasteiger partial charge on any atom is -0.457 e. The summed E-state index contributed by atoms with van der Waals surface area (Å²) in [5.41, 5.74) is 11.3. The topological polar surface area (TPSA) is 120 Å². The molecule has 2 aromatic heterocycles. The fourth-order valence-corrected chi connectivity index (χ4v) is 2.79. The van der Waals surface area contributed by atoms with Crippen LogP contribution in [0.1, 0.15) is 18.7 Å². The van der Waals surface area contributed by atoms with Gasteiger partial charge in [0, 0.05) is 5.38 Å². The van der Waals surface area contributed by atoms with E-state index in [4.69, 9.17) is 15.9 Å². The summed E-state index contributed by atoms with van der Waals surface area (Å²) >= 11 is 2.79. The maximum absolute atomic E-state index is 11.6. The van der Waals surface area contributed by atoms with Crippen LogP contribution in [0.2, 0.25) is 0 Å². The number of carbonyl (C=O) groups excluding carboxylic acids is 1. The van der Waals surface area contributed by atoms with Crippen LogP contribution in [0, 0.1) is 0 Å². The SMILES string of the molecule is CSCC(=O)NC(C)c1ccc(-c2csc(N=C(N)N)n2)o1. The molecule has 0 bridgehead atoms. The third kappa shape index (κ3) is 4.25. The molecule has 2 heterocycles. The van der Waals surface area contributed by atoms with Crippen LogP contribution in [-0.4, -0.2) is 28.9 Å². The first kappa shape index (κ1) is 16.4. The Kier molecular flexibility index (Phi) is 5.45. The van der Waals surface area contributed by atoms with Gasteiger partial charge in [0.1, 0.15) is 11.5 Å². The summed E-state index contributed by atoms with van der Waals surface area (Å²) < 4.78 is 5.74. The summed E-state index contributed by atoms with van der Waals surface area (Å²) in [5.74, 6) is 1.63. The first-order chi connectivity index (χ1) is 10.5. The Balaban J connectivity index is 2.09. The molecule has 0 aromatic carbocycles. The molecule has 118 valence electrons. The zero-order valence-corrected chi connectivity index (χ0v) is 13.8. The highest BCUT2D eigenvalue weighted by Gasteiger charge is 2.15. The van der Waals surface area contributed by atoms with E-state index in [1.165, 1.54) is 23.1 Å². The summed E-state index contributed by atoms with van der Waals surface area (Å²) in [7, 11) is 0. The van der Waals surface area contributed by atoms with Gasteiger partial charge < -0.3 is 21.2 Å². The molecule has 1 atom stereocenters. The predicted octanol–water partition coefficient (Wildman–Crippen LogP) is 1.85. The highest BCUT2D eigenvalue weighted by molar-refractivity contribution is 7.99. The van der Waals surface area contributed by atoms with Crippen molar-refractivity contribution < 1.29 is 9.21 Å². The summed E-state index contributed by atoms with van der Waals surface area (Å²) in [6.07, 6.45) is 1.88. The van der Waals surface area contributed by atoms with E-state index >= 15 is 0 Å². The van der Waals surface area contributed by atoms with Crippen molar-refractivity contribution in [2.75, 3.05) is 12.0 Å². The van der Waals surface area contributed by atoms with Crippen LogP contribution < -0.4 is 16.8 Å². The van der Waals surface area contributed by atoms with Crippen LogP contribution in [0.15, 0.2) is 26.9 Å². The Hall–Kier alpha value is -2.00. The smallest absolute Gasteiger partial charge is 0.230 e. The van der Waals surface area contributed by atoms with Crippen molar-refractivity contribution in [1.82, 2.24) is 10.3 Å². The highest BCUT2D eigenvalue weighted by atomic mass is 32.2. The number of thiazole rings is 1. The number of aromatic nitrogens is 1. The molecule has 0 aliphatic rings. The zero-order chi connectivity index (χ0) is 16.1. The number of furan rings is 1. The van der Waals surface area contributed by atoms with Gasteiger partial charge in [-0.05, 0) is 25.3 Å². The molecule has 1 unspecified atom stereocenters. The van der Waals surface area contributed by atoms with Gasteiger partial charge in [0.05, 0.1) is 11.8 Å². The molecule has 0 fully saturated rings. The molecule has 9 heteroatoms. The van der Waals surface area contributed by atoms with Gasteiger partial charge in [-0.3, -0.25) is 4.79 Å². The van der Waals surface area contributed by atoms with E-state index in [1.807, 2.05) is 19.2 Å². The van der Waals surface area contributed by atoms with Crippen molar-refractivity contribution in [2.24, 2.45) is 16.5 Å². The second kappa shape index (κ2) is 7.32. The third-order valence-corrected chi connectivity index (χ3v) is 3.96. The molecule has 0 radical (unpaired) electrons.